The zero-order chi connectivity index (χ0) is 22.9. The van der Waals surface area contributed by atoms with Crippen LogP contribution in [0.1, 0.15) is 37.0 Å². The first kappa shape index (κ1) is 23.1. The van der Waals surface area contributed by atoms with Gasteiger partial charge in [-0.15, -0.1) is 0 Å². The van der Waals surface area contributed by atoms with Gasteiger partial charge in [0.25, 0.3) is 0 Å². The molecule has 1 aromatic heterocycles. The number of benzene rings is 2. The van der Waals surface area contributed by atoms with Crippen molar-refractivity contribution in [1.82, 2.24) is 5.16 Å². The van der Waals surface area contributed by atoms with Crippen LogP contribution < -0.4 is 5.32 Å². The summed E-state index contributed by atoms with van der Waals surface area (Å²) in [6.07, 6.45) is 4.93. The second-order valence-corrected chi connectivity index (χ2v) is 7.32. The summed E-state index contributed by atoms with van der Waals surface area (Å²) in [5.74, 6) is -0.240. The van der Waals surface area contributed by atoms with Gasteiger partial charge in [0, 0.05) is 22.6 Å². The van der Waals surface area contributed by atoms with Gasteiger partial charge < -0.3 is 14.0 Å². The van der Waals surface area contributed by atoms with Crippen LogP contribution in [0.3, 0.4) is 0 Å². The maximum atomic E-state index is 12.4. The van der Waals surface area contributed by atoms with E-state index in [0.717, 1.165) is 11.1 Å². The van der Waals surface area contributed by atoms with Crippen molar-refractivity contribution in [3.05, 3.63) is 77.0 Å². The molecule has 0 spiro atoms. The first-order chi connectivity index (χ1) is 15.5. The second-order valence-electron chi connectivity index (χ2n) is 6.91. The van der Waals surface area contributed by atoms with Gasteiger partial charge in [0.15, 0.2) is 0 Å². The zero-order valence-electron chi connectivity index (χ0n) is 17.7. The second kappa shape index (κ2) is 11.2. The van der Waals surface area contributed by atoms with E-state index in [1.807, 2.05) is 48.6 Å². The molecule has 3 rings (SSSR count). The lowest BCUT2D eigenvalue weighted by Gasteiger charge is -2.15. The van der Waals surface area contributed by atoms with Crippen LogP contribution >= 0.6 is 11.6 Å². The number of halogens is 1. The minimum atomic E-state index is -0.646. The molecule has 32 heavy (non-hydrogen) atoms. The molecule has 0 fully saturated rings. The number of hydrogen-bond acceptors (Lipinski definition) is 6. The van der Waals surface area contributed by atoms with Crippen molar-refractivity contribution < 1.29 is 23.6 Å². The third kappa shape index (κ3) is 6.21. The van der Waals surface area contributed by atoms with E-state index in [4.69, 9.17) is 20.9 Å². The molecule has 0 aliphatic heterocycles. The lowest BCUT2D eigenvalue weighted by atomic mass is 10.1. The molecule has 1 heterocycles. The molecule has 0 saturated heterocycles. The van der Waals surface area contributed by atoms with Gasteiger partial charge in [-0.1, -0.05) is 71.4 Å². The molecule has 1 atom stereocenters. The van der Waals surface area contributed by atoms with Crippen molar-refractivity contribution in [3.8, 4) is 11.3 Å². The van der Waals surface area contributed by atoms with Gasteiger partial charge in [0.05, 0.1) is 7.11 Å². The standard InChI is InChI=1S/C24H23ClN2O5/c1-16(19-8-4-5-9-20(19)25)32-24(29)26-21-15-31-27-23(21)18-13-11-17(12-14-18)7-3-6-10-22(28)30-2/h3-5,7-9,11-16H,6,10H2,1-2H3,(H,26,29)/b7-3+/t16-/m1/s1. The average molecular weight is 455 g/mol. The molecule has 0 radical (unpaired) electrons. The maximum absolute atomic E-state index is 12.4. The Morgan fingerprint density at radius 2 is 1.94 bits per heavy atom. The number of amides is 1. The number of carbonyl (C=O) groups excluding carboxylic acids is 2. The third-order valence-corrected chi connectivity index (χ3v) is 5.01. The number of methoxy groups -OCH3 is 1. The lowest BCUT2D eigenvalue weighted by molar-refractivity contribution is -0.140. The predicted octanol–water partition coefficient (Wildman–Crippen LogP) is 6.27. The number of anilines is 1. The van der Waals surface area contributed by atoms with Gasteiger partial charge in [-0.05, 0) is 25.0 Å². The van der Waals surface area contributed by atoms with Crippen LogP contribution in [-0.4, -0.2) is 24.3 Å². The first-order valence-corrected chi connectivity index (χ1v) is 10.4. The normalized spacial score (nSPS) is 11.8. The van der Waals surface area contributed by atoms with E-state index in [2.05, 4.69) is 15.2 Å². The van der Waals surface area contributed by atoms with E-state index in [0.29, 0.717) is 34.8 Å². The Morgan fingerprint density at radius 1 is 1.19 bits per heavy atom. The number of nitrogens with zero attached hydrogens (tertiary/aromatic N) is 1. The van der Waals surface area contributed by atoms with Crippen molar-refractivity contribution in [3.63, 3.8) is 0 Å². The van der Waals surface area contributed by atoms with Crippen LogP contribution in [-0.2, 0) is 14.3 Å². The summed E-state index contributed by atoms with van der Waals surface area (Å²) in [4.78, 5) is 23.5. The van der Waals surface area contributed by atoms with Gasteiger partial charge in [0.1, 0.15) is 23.7 Å². The number of hydrogen-bond donors (Lipinski definition) is 1. The van der Waals surface area contributed by atoms with Gasteiger partial charge in [-0.25, -0.2) is 4.79 Å². The van der Waals surface area contributed by atoms with E-state index in [-0.39, 0.29) is 5.97 Å². The summed E-state index contributed by atoms with van der Waals surface area (Å²) >= 11 is 6.16. The first-order valence-electron chi connectivity index (χ1n) is 9.98. The number of aromatic nitrogens is 1. The molecule has 0 aliphatic rings. The van der Waals surface area contributed by atoms with Crippen molar-refractivity contribution in [2.45, 2.75) is 25.9 Å². The SMILES string of the molecule is COC(=O)CC/C=C/c1ccc(-c2nocc2NC(=O)O[C@H](C)c2ccccc2Cl)cc1. The molecule has 7 nitrogen and oxygen atoms in total. The van der Waals surface area contributed by atoms with Crippen LogP contribution in [0.5, 0.6) is 0 Å². The molecule has 0 unspecified atom stereocenters. The Morgan fingerprint density at radius 3 is 2.66 bits per heavy atom. The monoisotopic (exact) mass is 454 g/mol. The fraction of sp³-hybridized carbons (Fsp3) is 0.208. The smallest absolute Gasteiger partial charge is 0.412 e. The zero-order valence-corrected chi connectivity index (χ0v) is 18.5. The highest BCUT2D eigenvalue weighted by atomic mass is 35.5. The summed E-state index contributed by atoms with van der Waals surface area (Å²) in [6, 6.07) is 14.7. The van der Waals surface area contributed by atoms with Crippen LogP contribution in [0.15, 0.2) is 65.4 Å². The summed E-state index contributed by atoms with van der Waals surface area (Å²) < 4.78 is 15.1. The largest absolute Gasteiger partial charge is 0.469 e. The number of nitrogens with one attached hydrogen (secondary N) is 1. The Kier molecular flexibility index (Phi) is 8.05. The van der Waals surface area contributed by atoms with Gasteiger partial charge in [-0.3, -0.25) is 10.1 Å². The third-order valence-electron chi connectivity index (χ3n) is 4.67. The molecule has 1 amide bonds. The minimum absolute atomic E-state index is 0.240. The number of rotatable bonds is 8. The van der Waals surface area contributed by atoms with Crippen molar-refractivity contribution in [2.75, 3.05) is 12.4 Å². The lowest BCUT2D eigenvalue weighted by Crippen LogP contribution is -2.16. The van der Waals surface area contributed by atoms with Crippen LogP contribution in [0, 0.1) is 0 Å². The molecule has 2 aromatic carbocycles. The highest BCUT2D eigenvalue weighted by molar-refractivity contribution is 6.31. The Balaban J connectivity index is 1.61. The maximum Gasteiger partial charge on any atom is 0.412 e. The molecular weight excluding hydrogens is 432 g/mol. The van der Waals surface area contributed by atoms with Crippen molar-refractivity contribution in [1.29, 1.82) is 0 Å². The van der Waals surface area contributed by atoms with E-state index in [1.165, 1.54) is 13.4 Å². The highest BCUT2D eigenvalue weighted by Gasteiger charge is 2.18. The van der Waals surface area contributed by atoms with Gasteiger partial charge >= 0.3 is 12.1 Å². The average Bonchev–Trinajstić information content (AvgIpc) is 3.25. The number of esters is 1. The Bertz CT molecular complexity index is 1090. The van der Waals surface area contributed by atoms with Crippen LogP contribution in [0.2, 0.25) is 5.02 Å². The molecule has 0 saturated carbocycles. The summed E-state index contributed by atoms with van der Waals surface area (Å²) in [7, 11) is 1.37. The number of ether oxygens (including phenoxy) is 2. The molecule has 166 valence electrons. The van der Waals surface area contributed by atoms with Crippen molar-refractivity contribution >= 4 is 35.4 Å². The quantitative estimate of drug-likeness (QED) is 0.403. The molecule has 0 aliphatic carbocycles. The number of allylic oxidation sites excluding steroid dienone is 1. The molecule has 0 bridgehead atoms. The Labute approximate surface area is 191 Å². The van der Waals surface area contributed by atoms with Crippen LogP contribution in [0.4, 0.5) is 10.5 Å². The summed E-state index contributed by atoms with van der Waals surface area (Å²) in [6.45, 7) is 1.74. The van der Waals surface area contributed by atoms with Gasteiger partial charge in [0.2, 0.25) is 0 Å². The molecular formula is C24H23ClN2O5. The Hall–Kier alpha value is -3.58. The fourth-order valence-corrected chi connectivity index (χ4v) is 3.27. The van der Waals surface area contributed by atoms with E-state index >= 15 is 0 Å². The van der Waals surface area contributed by atoms with E-state index < -0.39 is 12.2 Å². The van der Waals surface area contributed by atoms with E-state index in [1.54, 1.807) is 19.1 Å². The number of carbonyl (C=O) groups is 2. The molecule has 1 N–H and O–H groups in total. The van der Waals surface area contributed by atoms with Gasteiger partial charge in [-0.2, -0.15) is 0 Å². The highest BCUT2D eigenvalue weighted by Crippen LogP contribution is 2.29. The fourth-order valence-electron chi connectivity index (χ4n) is 2.98. The topological polar surface area (TPSA) is 90.7 Å². The van der Waals surface area contributed by atoms with Crippen LogP contribution in [0.25, 0.3) is 17.3 Å². The van der Waals surface area contributed by atoms with E-state index in [9.17, 15) is 9.59 Å². The minimum Gasteiger partial charge on any atom is -0.469 e. The molecule has 3 aromatic rings. The molecule has 8 heteroatoms. The van der Waals surface area contributed by atoms with Crippen molar-refractivity contribution in [2.24, 2.45) is 0 Å². The predicted molar refractivity (Wildman–Crippen MR) is 122 cm³/mol. The summed E-state index contributed by atoms with van der Waals surface area (Å²) in [5.41, 5.74) is 3.31. The summed E-state index contributed by atoms with van der Waals surface area (Å²) in [5, 5.41) is 7.18.